The first-order valence-electron chi connectivity index (χ1n) is 6.07. The van der Waals surface area contributed by atoms with Gasteiger partial charge in [0.1, 0.15) is 11.5 Å². The van der Waals surface area contributed by atoms with Gasteiger partial charge >= 0.3 is 0 Å². The quantitative estimate of drug-likeness (QED) is 0.844. The zero-order valence-electron chi connectivity index (χ0n) is 11.2. The molecule has 0 bridgehead atoms. The molecule has 0 spiro atoms. The van der Waals surface area contributed by atoms with E-state index in [0.29, 0.717) is 17.0 Å². The van der Waals surface area contributed by atoms with Crippen molar-refractivity contribution in [3.63, 3.8) is 0 Å². The van der Waals surface area contributed by atoms with Crippen LogP contribution in [-0.2, 0) is 0 Å². The Morgan fingerprint density at radius 1 is 1.20 bits per heavy atom. The van der Waals surface area contributed by atoms with Gasteiger partial charge in [-0.3, -0.25) is 4.79 Å². The Labute approximate surface area is 126 Å². The van der Waals surface area contributed by atoms with Crippen molar-refractivity contribution in [2.75, 3.05) is 12.8 Å². The SMILES string of the molecule is CNC(=O)c1ccc(Oc2ccc(Br)cc2C)c(N)c1. The first-order chi connectivity index (χ1) is 9.51. The Hall–Kier alpha value is -2.01. The van der Waals surface area contributed by atoms with Crippen molar-refractivity contribution in [2.45, 2.75) is 6.92 Å². The number of nitrogens with two attached hydrogens (primary N) is 1. The summed E-state index contributed by atoms with van der Waals surface area (Å²) in [6.45, 7) is 1.95. The van der Waals surface area contributed by atoms with Crippen LogP contribution in [0.2, 0.25) is 0 Å². The fourth-order valence-electron chi connectivity index (χ4n) is 1.77. The van der Waals surface area contributed by atoms with Gasteiger partial charge in [-0.15, -0.1) is 0 Å². The summed E-state index contributed by atoms with van der Waals surface area (Å²) in [6.07, 6.45) is 0. The molecule has 0 aromatic heterocycles. The summed E-state index contributed by atoms with van der Waals surface area (Å²) in [5.41, 5.74) is 7.85. The number of benzene rings is 2. The number of anilines is 1. The molecule has 1 amide bonds. The lowest BCUT2D eigenvalue weighted by Crippen LogP contribution is -2.17. The van der Waals surface area contributed by atoms with Gasteiger partial charge < -0.3 is 15.8 Å². The molecule has 3 N–H and O–H groups in total. The highest BCUT2D eigenvalue weighted by Gasteiger charge is 2.09. The minimum absolute atomic E-state index is 0.178. The summed E-state index contributed by atoms with van der Waals surface area (Å²) >= 11 is 3.40. The maximum atomic E-state index is 11.5. The predicted octanol–water partition coefficient (Wildman–Crippen LogP) is 3.49. The topological polar surface area (TPSA) is 64.3 Å². The molecule has 0 atom stereocenters. The van der Waals surface area contributed by atoms with Gasteiger partial charge in [0.15, 0.2) is 0 Å². The van der Waals surface area contributed by atoms with Gasteiger partial charge in [0.2, 0.25) is 0 Å². The second-order valence-electron chi connectivity index (χ2n) is 4.34. The van der Waals surface area contributed by atoms with Gasteiger partial charge in [0.25, 0.3) is 5.91 Å². The standard InChI is InChI=1S/C15H15BrN2O2/c1-9-7-11(16)4-6-13(9)20-14-5-3-10(8-12(14)17)15(19)18-2/h3-8H,17H2,1-2H3,(H,18,19). The largest absolute Gasteiger partial charge is 0.455 e. The molecule has 0 saturated carbocycles. The Bertz CT molecular complexity index is 656. The van der Waals surface area contributed by atoms with Gasteiger partial charge in [-0.05, 0) is 48.9 Å². The molecule has 0 aliphatic heterocycles. The molecule has 0 saturated heterocycles. The minimum Gasteiger partial charge on any atom is -0.455 e. The summed E-state index contributed by atoms with van der Waals surface area (Å²) in [5, 5.41) is 2.55. The van der Waals surface area contributed by atoms with Crippen molar-refractivity contribution in [1.82, 2.24) is 5.32 Å². The van der Waals surface area contributed by atoms with E-state index in [9.17, 15) is 4.79 Å². The molecular formula is C15H15BrN2O2. The van der Waals surface area contributed by atoms with Crippen LogP contribution in [0, 0.1) is 6.92 Å². The number of carbonyl (C=O) groups is 1. The summed E-state index contributed by atoms with van der Waals surface area (Å²) in [5.74, 6) is 1.08. The number of nitrogens with one attached hydrogen (secondary N) is 1. The third-order valence-electron chi connectivity index (χ3n) is 2.86. The van der Waals surface area contributed by atoms with Crippen molar-refractivity contribution >= 4 is 27.5 Å². The molecule has 104 valence electrons. The summed E-state index contributed by atoms with van der Waals surface area (Å²) in [6, 6.07) is 10.7. The Kier molecular flexibility index (Phi) is 4.29. The molecule has 20 heavy (non-hydrogen) atoms. The second kappa shape index (κ2) is 5.96. The molecule has 0 heterocycles. The van der Waals surface area contributed by atoms with Gasteiger partial charge in [-0.25, -0.2) is 0 Å². The molecule has 0 radical (unpaired) electrons. The number of amides is 1. The molecule has 2 aromatic rings. The molecule has 0 unspecified atom stereocenters. The van der Waals surface area contributed by atoms with Crippen LogP contribution in [0.1, 0.15) is 15.9 Å². The van der Waals surface area contributed by atoms with E-state index in [0.717, 1.165) is 15.8 Å². The Morgan fingerprint density at radius 2 is 1.90 bits per heavy atom. The average molecular weight is 335 g/mol. The zero-order chi connectivity index (χ0) is 14.7. The number of ether oxygens (including phenoxy) is 1. The third-order valence-corrected chi connectivity index (χ3v) is 3.35. The molecule has 0 aliphatic rings. The molecule has 5 heteroatoms. The van der Waals surface area contributed by atoms with Gasteiger partial charge in [0.05, 0.1) is 5.69 Å². The maximum absolute atomic E-state index is 11.5. The predicted molar refractivity (Wildman–Crippen MR) is 83.2 cm³/mol. The van der Waals surface area contributed by atoms with Crippen molar-refractivity contribution in [1.29, 1.82) is 0 Å². The number of halogens is 1. The summed E-state index contributed by atoms with van der Waals surface area (Å²) in [7, 11) is 1.58. The van der Waals surface area contributed by atoms with Crippen LogP contribution in [0.5, 0.6) is 11.5 Å². The molecule has 2 rings (SSSR count). The van der Waals surface area contributed by atoms with E-state index in [4.69, 9.17) is 10.5 Å². The fraction of sp³-hybridized carbons (Fsp3) is 0.133. The zero-order valence-corrected chi connectivity index (χ0v) is 12.8. The molecule has 4 nitrogen and oxygen atoms in total. The van der Waals surface area contributed by atoms with E-state index in [1.807, 2.05) is 25.1 Å². The van der Waals surface area contributed by atoms with Crippen LogP contribution < -0.4 is 15.8 Å². The van der Waals surface area contributed by atoms with Gasteiger partial charge in [-0.1, -0.05) is 15.9 Å². The van der Waals surface area contributed by atoms with Crippen molar-refractivity contribution < 1.29 is 9.53 Å². The lowest BCUT2D eigenvalue weighted by atomic mass is 10.1. The minimum atomic E-state index is -0.178. The van der Waals surface area contributed by atoms with E-state index in [-0.39, 0.29) is 5.91 Å². The molecule has 2 aromatic carbocycles. The highest BCUT2D eigenvalue weighted by molar-refractivity contribution is 9.10. The van der Waals surface area contributed by atoms with Crippen LogP contribution >= 0.6 is 15.9 Å². The smallest absolute Gasteiger partial charge is 0.251 e. The molecule has 0 fully saturated rings. The number of aryl methyl sites for hydroxylation is 1. The first-order valence-corrected chi connectivity index (χ1v) is 6.86. The fourth-order valence-corrected chi connectivity index (χ4v) is 2.25. The van der Waals surface area contributed by atoms with Crippen molar-refractivity contribution in [3.05, 3.63) is 52.0 Å². The maximum Gasteiger partial charge on any atom is 0.251 e. The van der Waals surface area contributed by atoms with Crippen LogP contribution in [-0.4, -0.2) is 13.0 Å². The van der Waals surface area contributed by atoms with E-state index in [2.05, 4.69) is 21.2 Å². The van der Waals surface area contributed by atoms with E-state index in [1.54, 1.807) is 25.2 Å². The molecular weight excluding hydrogens is 320 g/mol. The van der Waals surface area contributed by atoms with Crippen LogP contribution in [0.3, 0.4) is 0 Å². The molecule has 0 aliphatic carbocycles. The lowest BCUT2D eigenvalue weighted by Gasteiger charge is -2.12. The van der Waals surface area contributed by atoms with Crippen molar-refractivity contribution in [2.24, 2.45) is 0 Å². The highest BCUT2D eigenvalue weighted by Crippen LogP contribution is 2.31. The lowest BCUT2D eigenvalue weighted by molar-refractivity contribution is 0.0963. The average Bonchev–Trinajstić information content (AvgIpc) is 2.42. The van der Waals surface area contributed by atoms with Crippen LogP contribution in [0.15, 0.2) is 40.9 Å². The van der Waals surface area contributed by atoms with Gasteiger partial charge in [0, 0.05) is 17.1 Å². The van der Waals surface area contributed by atoms with Gasteiger partial charge in [-0.2, -0.15) is 0 Å². The third kappa shape index (κ3) is 3.11. The second-order valence-corrected chi connectivity index (χ2v) is 5.26. The van der Waals surface area contributed by atoms with Crippen LogP contribution in [0.4, 0.5) is 5.69 Å². The number of hydrogen-bond acceptors (Lipinski definition) is 3. The van der Waals surface area contributed by atoms with E-state index >= 15 is 0 Å². The Balaban J connectivity index is 2.28. The number of hydrogen-bond donors (Lipinski definition) is 2. The van der Waals surface area contributed by atoms with Crippen LogP contribution in [0.25, 0.3) is 0 Å². The normalized spacial score (nSPS) is 10.2. The summed E-state index contributed by atoms with van der Waals surface area (Å²) in [4.78, 5) is 11.5. The number of nitrogen functional groups attached to an aromatic ring is 1. The number of carbonyl (C=O) groups excluding carboxylic acids is 1. The summed E-state index contributed by atoms with van der Waals surface area (Å²) < 4.78 is 6.78. The van der Waals surface area contributed by atoms with E-state index in [1.165, 1.54) is 0 Å². The van der Waals surface area contributed by atoms with E-state index < -0.39 is 0 Å². The Morgan fingerprint density at radius 3 is 2.50 bits per heavy atom. The first kappa shape index (κ1) is 14.4. The number of rotatable bonds is 3. The monoisotopic (exact) mass is 334 g/mol. The van der Waals surface area contributed by atoms with Crippen molar-refractivity contribution in [3.8, 4) is 11.5 Å². The highest BCUT2D eigenvalue weighted by atomic mass is 79.9.